The molecule has 0 aliphatic rings. The Morgan fingerprint density at radius 1 is 1.38 bits per heavy atom. The molecule has 0 aliphatic carbocycles. The third-order valence-electron chi connectivity index (χ3n) is 2.01. The Bertz CT molecular complexity index is 315. The van der Waals surface area contributed by atoms with Crippen LogP contribution in [-0.2, 0) is 0 Å². The van der Waals surface area contributed by atoms with Gasteiger partial charge in [-0.3, -0.25) is 5.32 Å². The van der Waals surface area contributed by atoms with Gasteiger partial charge >= 0.3 is 5.95 Å². The van der Waals surface area contributed by atoms with Crippen LogP contribution in [0.25, 0.3) is 0 Å². The lowest BCUT2D eigenvalue weighted by Crippen LogP contribution is -2.86. The molecule has 0 aliphatic heterocycles. The molecule has 0 spiro atoms. The lowest BCUT2D eigenvalue weighted by atomic mass is 10.5. The largest absolute Gasteiger partial charge is 0.481 e. The number of hydrogen-bond donors (Lipinski definition) is 2. The summed E-state index contributed by atoms with van der Waals surface area (Å²) in [6, 6.07) is 1.65. The summed E-state index contributed by atoms with van der Waals surface area (Å²) in [7, 11) is 3.13. The fourth-order valence-corrected chi connectivity index (χ4v) is 1.34. The van der Waals surface area contributed by atoms with Crippen molar-refractivity contribution in [1.29, 1.82) is 0 Å². The topological polar surface area (TPSA) is 88.5 Å². The average molecular weight is 246 g/mol. The molecule has 1 aromatic rings. The molecule has 6 nitrogen and oxygen atoms in total. The van der Waals surface area contributed by atoms with E-state index in [9.17, 15) is 0 Å². The van der Waals surface area contributed by atoms with Gasteiger partial charge in [0.05, 0.1) is 20.3 Å². The molecule has 0 aromatic carbocycles. The van der Waals surface area contributed by atoms with E-state index in [1.165, 1.54) is 0 Å². The monoisotopic (exact) mass is 246 g/mol. The van der Waals surface area contributed by atoms with Gasteiger partial charge in [-0.2, -0.15) is 0 Å². The molecule has 5 N–H and O–H groups in total. The molecule has 0 amide bonds. The molecule has 1 heterocycles. The van der Waals surface area contributed by atoms with E-state index in [4.69, 9.17) is 9.47 Å². The van der Waals surface area contributed by atoms with E-state index in [2.05, 4.69) is 15.7 Å². The number of nitrogens with two attached hydrogens (primary N) is 1. The predicted octanol–water partition coefficient (Wildman–Crippen LogP) is -1.38. The van der Waals surface area contributed by atoms with E-state index in [1.807, 2.05) is 11.6 Å². The van der Waals surface area contributed by atoms with Crippen molar-refractivity contribution in [3.63, 3.8) is 0 Å². The number of aromatic nitrogens is 2. The summed E-state index contributed by atoms with van der Waals surface area (Å²) in [4.78, 5) is 8.40. The fourth-order valence-electron chi connectivity index (χ4n) is 1.05. The molecule has 0 saturated heterocycles. The molecule has 90 valence electrons. The van der Waals surface area contributed by atoms with Gasteiger partial charge in [0.2, 0.25) is 11.8 Å². The van der Waals surface area contributed by atoms with Crippen LogP contribution in [0.1, 0.15) is 0 Å². The van der Waals surface area contributed by atoms with Crippen LogP contribution in [0.4, 0.5) is 5.95 Å². The highest BCUT2D eigenvalue weighted by Gasteiger charge is 2.12. The second kappa shape index (κ2) is 6.51. The van der Waals surface area contributed by atoms with Crippen LogP contribution < -0.4 is 20.5 Å². The van der Waals surface area contributed by atoms with Crippen LogP contribution in [0.2, 0.25) is 0 Å². The number of rotatable bonds is 6. The van der Waals surface area contributed by atoms with E-state index in [1.54, 1.807) is 32.0 Å². The Kier molecular flexibility index (Phi) is 5.30. The summed E-state index contributed by atoms with van der Waals surface area (Å²) >= 11 is 1.70. The van der Waals surface area contributed by atoms with Crippen molar-refractivity contribution < 1.29 is 20.5 Å². The molecule has 1 atom stereocenters. The number of ether oxygens (including phenoxy) is 2. The van der Waals surface area contributed by atoms with Crippen LogP contribution in [-0.4, -0.2) is 42.4 Å². The molecule has 1 rings (SSSR count). The van der Waals surface area contributed by atoms with Crippen molar-refractivity contribution in [1.82, 2.24) is 9.97 Å². The first-order valence-electron chi connectivity index (χ1n) is 4.85. The number of nitrogens with zero attached hydrogens (tertiary/aromatic N) is 2. The molecule has 0 bridgehead atoms. The van der Waals surface area contributed by atoms with Gasteiger partial charge in [-0.25, -0.2) is 0 Å². The zero-order chi connectivity index (χ0) is 12.0. The van der Waals surface area contributed by atoms with Gasteiger partial charge < -0.3 is 15.2 Å². The zero-order valence-corrected chi connectivity index (χ0v) is 10.6. The van der Waals surface area contributed by atoms with E-state index in [-0.39, 0.29) is 0 Å². The smallest absolute Gasteiger partial charge is 0.332 e. The van der Waals surface area contributed by atoms with Crippen molar-refractivity contribution in [3.8, 4) is 11.8 Å². The van der Waals surface area contributed by atoms with E-state index < -0.39 is 0 Å². The van der Waals surface area contributed by atoms with Crippen LogP contribution in [0, 0.1) is 0 Å². The van der Waals surface area contributed by atoms with E-state index in [0.717, 1.165) is 6.54 Å². The fraction of sp³-hybridized carbons (Fsp3) is 0.556. The maximum absolute atomic E-state index is 5.06. The Labute approximate surface area is 98.9 Å². The molecule has 7 heteroatoms. The third-order valence-corrected chi connectivity index (χ3v) is 2.87. The van der Waals surface area contributed by atoms with Crippen LogP contribution in [0.3, 0.4) is 0 Å². The maximum Gasteiger partial charge on any atom is 0.332 e. The quantitative estimate of drug-likeness (QED) is 0.604. The Hall–Kier alpha value is -1.05. The van der Waals surface area contributed by atoms with Crippen molar-refractivity contribution in [2.45, 2.75) is 5.37 Å². The van der Waals surface area contributed by atoms with Crippen molar-refractivity contribution >= 4 is 17.7 Å². The second-order valence-electron chi connectivity index (χ2n) is 3.11. The summed E-state index contributed by atoms with van der Waals surface area (Å²) in [5.41, 5.74) is 3.97. The first-order chi connectivity index (χ1) is 7.69. The normalized spacial score (nSPS) is 12.2. The van der Waals surface area contributed by atoms with Crippen molar-refractivity contribution in [2.75, 3.05) is 27.0 Å². The average Bonchev–Trinajstić information content (AvgIpc) is 2.35. The highest BCUT2D eigenvalue weighted by Crippen LogP contribution is 2.14. The number of hydrogen-bond acceptors (Lipinski definition) is 5. The SMILES string of the molecule is COc1cc(OC)nc([NH2+]CC([NH3+])SC)n1. The minimum atomic E-state index is 0.306. The van der Waals surface area contributed by atoms with E-state index >= 15 is 0 Å². The molecular weight excluding hydrogens is 228 g/mol. The van der Waals surface area contributed by atoms with Crippen LogP contribution in [0.5, 0.6) is 11.8 Å². The minimum absolute atomic E-state index is 0.306. The molecule has 1 unspecified atom stereocenters. The highest BCUT2D eigenvalue weighted by molar-refractivity contribution is 7.99. The Morgan fingerprint density at radius 2 is 1.94 bits per heavy atom. The molecule has 0 radical (unpaired) electrons. The van der Waals surface area contributed by atoms with Gasteiger partial charge in [-0.15, -0.1) is 9.97 Å². The predicted molar refractivity (Wildman–Crippen MR) is 61.8 cm³/mol. The highest BCUT2D eigenvalue weighted by atomic mass is 32.2. The van der Waals surface area contributed by atoms with Crippen LogP contribution >= 0.6 is 11.8 Å². The first kappa shape index (κ1) is 13.0. The van der Waals surface area contributed by atoms with Crippen molar-refractivity contribution in [3.05, 3.63) is 6.07 Å². The van der Waals surface area contributed by atoms with Gasteiger partial charge in [0, 0.05) is 0 Å². The number of thioether (sulfide) groups is 1. The number of methoxy groups -OCH3 is 2. The second-order valence-corrected chi connectivity index (χ2v) is 4.25. The first-order valence-corrected chi connectivity index (χ1v) is 6.14. The lowest BCUT2D eigenvalue weighted by molar-refractivity contribution is -0.607. The van der Waals surface area contributed by atoms with Crippen molar-refractivity contribution in [2.24, 2.45) is 0 Å². The van der Waals surface area contributed by atoms with Gasteiger partial charge in [-0.05, 0) is 6.26 Å². The molecule has 0 fully saturated rings. The molecule has 0 saturated carbocycles. The third kappa shape index (κ3) is 3.84. The summed E-state index contributed by atoms with van der Waals surface area (Å²) in [5, 5.41) is 2.24. The maximum atomic E-state index is 5.06. The number of quaternary nitrogens is 2. The Balaban J connectivity index is 2.71. The lowest BCUT2D eigenvalue weighted by Gasteiger charge is -2.05. The summed E-state index contributed by atoms with van der Waals surface area (Å²) < 4.78 is 10.1. The standard InChI is InChI=1S/C9H16N4O2S/c1-14-7-4-8(15-2)13-9(12-7)11-5-6(10)16-3/h4,6H,5,10H2,1-3H3,(H,11,12,13)/p+2. The van der Waals surface area contributed by atoms with E-state index in [0.29, 0.717) is 23.1 Å². The van der Waals surface area contributed by atoms with Gasteiger partial charge in [0.15, 0.2) is 5.37 Å². The molecular formula is C9H18N4O2S+2. The zero-order valence-electron chi connectivity index (χ0n) is 9.77. The Morgan fingerprint density at radius 3 is 2.38 bits per heavy atom. The minimum Gasteiger partial charge on any atom is -0.481 e. The van der Waals surface area contributed by atoms with Crippen LogP contribution in [0.15, 0.2) is 6.07 Å². The van der Waals surface area contributed by atoms with Gasteiger partial charge in [0.1, 0.15) is 6.54 Å². The molecule has 16 heavy (non-hydrogen) atoms. The van der Waals surface area contributed by atoms with Gasteiger partial charge in [0.25, 0.3) is 0 Å². The molecule has 1 aromatic heterocycles. The summed E-state index contributed by atoms with van der Waals surface area (Å²) in [6.07, 6.45) is 2.03. The summed E-state index contributed by atoms with van der Waals surface area (Å²) in [5.74, 6) is 1.62. The van der Waals surface area contributed by atoms with Gasteiger partial charge in [-0.1, -0.05) is 11.8 Å². The summed E-state index contributed by atoms with van der Waals surface area (Å²) in [6.45, 7) is 0.817.